The Labute approximate surface area is 106 Å². The average molecular weight is 336 g/mol. The Kier molecular flexibility index (Phi) is 45.0. The van der Waals surface area contributed by atoms with E-state index in [9.17, 15) is 0 Å². The summed E-state index contributed by atoms with van der Waals surface area (Å²) in [7, 11) is 0. The van der Waals surface area contributed by atoms with Crippen LogP contribution in [0.1, 0.15) is 0 Å². The van der Waals surface area contributed by atoms with Crippen LogP contribution in [0.3, 0.4) is 0 Å². The second-order valence-corrected chi connectivity index (χ2v) is 2.61. The summed E-state index contributed by atoms with van der Waals surface area (Å²) in [6.45, 7) is 0. The molecule has 0 aliphatic carbocycles. The largest absolute Gasteiger partial charge is 4.00 e. The van der Waals surface area contributed by atoms with Crippen molar-refractivity contribution in [3.05, 3.63) is 7.43 Å². The van der Waals surface area contributed by atoms with E-state index in [2.05, 4.69) is 0 Å². The molecule has 16 heteroatoms. The molecule has 0 radical (unpaired) electrons. The van der Waals surface area contributed by atoms with Gasteiger partial charge in [0, 0.05) is 0 Å². The Morgan fingerprint density at radius 3 is 0.529 bits per heavy atom. The molecular weight excluding hydrogens is 332 g/mol. The van der Waals surface area contributed by atoms with Gasteiger partial charge < -0.3 is 36.4 Å². The average Bonchev–Trinajstić information content (AvgIpc) is 1.76. The van der Waals surface area contributed by atoms with Crippen LogP contribution in [0, 0.1) is 7.43 Å². The molecule has 0 aliphatic rings. The van der Waals surface area contributed by atoms with Crippen molar-refractivity contribution in [3.8, 4) is 0 Å². The standard InChI is InChI=1S/C.4H2O3S/c;4*1-4(2)3/h;4*(H2,1,2,3)/q+4;;;;/p-4. The minimum atomic E-state index is -2.86. The van der Waals surface area contributed by atoms with E-state index in [1.165, 1.54) is 0 Å². The van der Waals surface area contributed by atoms with Crippen molar-refractivity contribution >= 4 is 45.4 Å². The van der Waals surface area contributed by atoms with Crippen LogP contribution in [0.2, 0.25) is 0 Å². The summed E-state index contributed by atoms with van der Waals surface area (Å²) in [6, 6.07) is 0. The molecule has 0 amide bonds. The van der Waals surface area contributed by atoms with Crippen LogP contribution in [0.5, 0.6) is 0 Å². The molecule has 104 valence electrons. The summed E-state index contributed by atoms with van der Waals surface area (Å²) in [5.74, 6) is 0. The van der Waals surface area contributed by atoms with Gasteiger partial charge in [-0.2, -0.15) is 0 Å². The van der Waals surface area contributed by atoms with Crippen LogP contribution in [0.15, 0.2) is 0 Å². The van der Waals surface area contributed by atoms with Gasteiger partial charge in [0.25, 0.3) is 0 Å². The van der Waals surface area contributed by atoms with Gasteiger partial charge in [0.15, 0.2) is 0 Å². The molecule has 0 aromatic rings. The van der Waals surface area contributed by atoms with E-state index in [0.29, 0.717) is 0 Å². The topological polar surface area (TPSA) is 241 Å². The van der Waals surface area contributed by atoms with E-state index in [-0.39, 0.29) is 7.43 Å². The molecule has 0 fully saturated rings. The summed E-state index contributed by atoms with van der Waals surface area (Å²) in [4.78, 5) is 0. The first-order chi connectivity index (χ1) is 6.93. The van der Waals surface area contributed by atoms with Gasteiger partial charge in [0.2, 0.25) is 0 Å². The van der Waals surface area contributed by atoms with Crippen LogP contribution >= 0.6 is 0 Å². The minimum absolute atomic E-state index is 0. The maximum Gasteiger partial charge on any atom is 4.00 e. The molecule has 4 atom stereocenters. The van der Waals surface area contributed by atoms with E-state index in [1.54, 1.807) is 0 Å². The predicted octanol–water partition coefficient (Wildman–Crippen LogP) is -2.56. The van der Waals surface area contributed by atoms with Crippen LogP contribution in [-0.4, -0.2) is 53.3 Å². The maximum atomic E-state index is 8.56. The number of rotatable bonds is 0. The fraction of sp³-hybridized carbons (Fsp3) is 0. The third kappa shape index (κ3) is 42300. The van der Waals surface area contributed by atoms with E-state index in [1.807, 2.05) is 0 Å². The SMILES string of the molecule is O=S([O-])O.O=S([O-])O.O=S([O-])O.O=S([O-])O.[C+4]. The smallest absolute Gasteiger partial charge is 0.750 e. The Morgan fingerprint density at radius 1 is 0.529 bits per heavy atom. The second-order valence-electron chi connectivity index (χ2n) is 0.868. The van der Waals surface area contributed by atoms with Crippen molar-refractivity contribution in [2.75, 3.05) is 0 Å². The monoisotopic (exact) mass is 336 g/mol. The van der Waals surface area contributed by atoms with Gasteiger partial charge in [-0.1, -0.05) is 0 Å². The molecule has 0 heterocycles. The number of hydrogen-bond acceptors (Lipinski definition) is 8. The van der Waals surface area contributed by atoms with Gasteiger partial charge in [-0.25, -0.2) is 16.8 Å². The van der Waals surface area contributed by atoms with E-state index in [4.69, 9.17) is 53.3 Å². The summed E-state index contributed by atoms with van der Waals surface area (Å²) < 4.78 is 96.3. The van der Waals surface area contributed by atoms with Gasteiger partial charge in [-0.15, -0.1) is 0 Å². The zero-order valence-corrected chi connectivity index (χ0v) is 10.5. The first kappa shape index (κ1) is 30.4. The molecule has 0 bridgehead atoms. The maximum absolute atomic E-state index is 8.56. The Morgan fingerprint density at radius 2 is 0.529 bits per heavy atom. The Balaban J connectivity index is -0.0000000369. The molecule has 0 saturated carbocycles. The molecule has 17 heavy (non-hydrogen) atoms. The van der Waals surface area contributed by atoms with E-state index in [0.717, 1.165) is 0 Å². The van der Waals surface area contributed by atoms with Crippen molar-refractivity contribution in [2.45, 2.75) is 0 Å². The van der Waals surface area contributed by atoms with Crippen molar-refractivity contribution in [1.29, 1.82) is 0 Å². The van der Waals surface area contributed by atoms with Crippen molar-refractivity contribution in [3.63, 3.8) is 0 Å². The van der Waals surface area contributed by atoms with Crippen LogP contribution in [0.4, 0.5) is 0 Å². The summed E-state index contributed by atoms with van der Waals surface area (Å²) >= 11 is -11.4. The molecule has 4 unspecified atom stereocenters. The molecule has 4 N–H and O–H groups in total. The summed E-state index contributed by atoms with van der Waals surface area (Å²) in [5.41, 5.74) is 0. The first-order valence-electron chi connectivity index (χ1n) is 2.06. The fourth-order valence-corrected chi connectivity index (χ4v) is 0. The van der Waals surface area contributed by atoms with Crippen LogP contribution in [0.25, 0.3) is 0 Å². The number of hydrogen-bond donors (Lipinski definition) is 4. The van der Waals surface area contributed by atoms with Gasteiger partial charge in [-0.3, -0.25) is 0 Å². The third-order valence-electron chi connectivity index (χ3n) is 0. The molecule has 0 spiro atoms. The Bertz CT molecular complexity index is 159. The van der Waals surface area contributed by atoms with Crippen LogP contribution < -0.4 is 0 Å². The summed E-state index contributed by atoms with van der Waals surface area (Å²) in [6.07, 6.45) is 0. The molecule has 0 rings (SSSR count). The van der Waals surface area contributed by atoms with E-state index < -0.39 is 45.4 Å². The van der Waals surface area contributed by atoms with Crippen molar-refractivity contribution < 1.29 is 53.3 Å². The summed E-state index contributed by atoms with van der Waals surface area (Å²) in [5, 5.41) is 0. The van der Waals surface area contributed by atoms with Gasteiger partial charge in [-0.05, 0) is 0 Å². The quantitative estimate of drug-likeness (QED) is 0.333. The fourth-order valence-electron chi connectivity index (χ4n) is 0. The third-order valence-corrected chi connectivity index (χ3v) is 0. The molecule has 0 aromatic carbocycles. The zero-order valence-electron chi connectivity index (χ0n) is 7.19. The molecular formula is CH4O12S4. The van der Waals surface area contributed by atoms with Crippen LogP contribution in [-0.2, 0) is 45.4 Å². The molecule has 0 aliphatic heterocycles. The second kappa shape index (κ2) is 25.2. The zero-order chi connectivity index (χ0) is 14.3. The van der Waals surface area contributed by atoms with Gasteiger partial charge >= 0.3 is 7.43 Å². The normalized spacial score (nSPS) is 14.6. The van der Waals surface area contributed by atoms with Crippen molar-refractivity contribution in [1.82, 2.24) is 0 Å². The van der Waals surface area contributed by atoms with Gasteiger partial charge in [0.05, 0.1) is 45.4 Å². The molecule has 12 nitrogen and oxygen atoms in total. The molecule has 0 aromatic heterocycles. The first-order valence-corrected chi connectivity index (χ1v) is 6.19. The Hall–Kier alpha value is 0.280. The van der Waals surface area contributed by atoms with Crippen molar-refractivity contribution in [2.24, 2.45) is 0 Å². The minimum Gasteiger partial charge on any atom is -0.750 e. The predicted molar refractivity (Wildman–Crippen MR) is 49.4 cm³/mol. The van der Waals surface area contributed by atoms with E-state index >= 15 is 0 Å². The molecule has 0 saturated heterocycles. The van der Waals surface area contributed by atoms with Gasteiger partial charge in [0.1, 0.15) is 0 Å².